The Kier molecular flexibility index (Phi) is 5.88. The predicted molar refractivity (Wildman–Crippen MR) is 93.8 cm³/mol. The summed E-state index contributed by atoms with van der Waals surface area (Å²) < 4.78 is 11.0. The molecular formula is C18H25N3O4. The van der Waals surface area contributed by atoms with Gasteiger partial charge in [-0.25, -0.2) is 0 Å². The molecule has 25 heavy (non-hydrogen) atoms. The number of para-hydroxylation sites is 2. The number of carbonyl (C=O) groups excluding carboxylic acids is 2. The van der Waals surface area contributed by atoms with Crippen LogP contribution in [-0.4, -0.2) is 68.8 Å². The van der Waals surface area contributed by atoms with E-state index in [4.69, 9.17) is 9.47 Å². The Balaban J connectivity index is 1.56. The third-order valence-electron chi connectivity index (χ3n) is 4.49. The molecule has 3 rings (SSSR count). The van der Waals surface area contributed by atoms with E-state index in [9.17, 15) is 9.59 Å². The molecule has 0 saturated carbocycles. The van der Waals surface area contributed by atoms with Gasteiger partial charge in [-0.3, -0.25) is 19.4 Å². The molecule has 2 aliphatic rings. The molecule has 1 aromatic rings. The summed E-state index contributed by atoms with van der Waals surface area (Å²) in [5.74, 6) is 0.327. The SMILES string of the molecule is CCC1Oc2ccccc2N(CC(=O)NCCN2CCOCC2)C1=O. The topological polar surface area (TPSA) is 71.1 Å². The van der Waals surface area contributed by atoms with Gasteiger partial charge in [-0.05, 0) is 18.6 Å². The summed E-state index contributed by atoms with van der Waals surface area (Å²) in [6, 6.07) is 7.33. The quantitative estimate of drug-likeness (QED) is 0.818. The van der Waals surface area contributed by atoms with Crippen molar-refractivity contribution >= 4 is 17.5 Å². The van der Waals surface area contributed by atoms with Gasteiger partial charge in [0.05, 0.1) is 18.9 Å². The highest BCUT2D eigenvalue weighted by molar-refractivity contribution is 6.03. The zero-order valence-electron chi connectivity index (χ0n) is 14.6. The van der Waals surface area contributed by atoms with E-state index in [2.05, 4.69) is 10.2 Å². The number of amides is 2. The molecule has 7 heteroatoms. The van der Waals surface area contributed by atoms with Crippen molar-refractivity contribution in [2.45, 2.75) is 19.4 Å². The van der Waals surface area contributed by atoms with Crippen molar-refractivity contribution in [2.75, 3.05) is 50.8 Å². The Morgan fingerprint density at radius 3 is 2.80 bits per heavy atom. The van der Waals surface area contributed by atoms with Gasteiger partial charge in [-0.1, -0.05) is 19.1 Å². The lowest BCUT2D eigenvalue weighted by Gasteiger charge is -2.33. The molecule has 0 spiro atoms. The number of hydrogen-bond donors (Lipinski definition) is 1. The van der Waals surface area contributed by atoms with E-state index < -0.39 is 6.10 Å². The summed E-state index contributed by atoms with van der Waals surface area (Å²) in [6.45, 7) is 6.54. The monoisotopic (exact) mass is 347 g/mol. The third-order valence-corrected chi connectivity index (χ3v) is 4.49. The van der Waals surface area contributed by atoms with E-state index in [1.54, 1.807) is 6.07 Å². The van der Waals surface area contributed by atoms with Gasteiger partial charge in [-0.2, -0.15) is 0 Å². The highest BCUT2D eigenvalue weighted by Crippen LogP contribution is 2.34. The van der Waals surface area contributed by atoms with Gasteiger partial charge in [0.25, 0.3) is 5.91 Å². The maximum absolute atomic E-state index is 12.6. The van der Waals surface area contributed by atoms with Crippen LogP contribution < -0.4 is 15.0 Å². The van der Waals surface area contributed by atoms with Crippen molar-refractivity contribution in [3.8, 4) is 5.75 Å². The van der Waals surface area contributed by atoms with E-state index in [-0.39, 0.29) is 18.4 Å². The van der Waals surface area contributed by atoms with E-state index in [0.29, 0.717) is 24.4 Å². The second-order valence-electron chi connectivity index (χ2n) is 6.21. The van der Waals surface area contributed by atoms with Gasteiger partial charge in [0.1, 0.15) is 12.3 Å². The fraction of sp³-hybridized carbons (Fsp3) is 0.556. The summed E-state index contributed by atoms with van der Waals surface area (Å²) in [5.41, 5.74) is 0.653. The summed E-state index contributed by atoms with van der Waals surface area (Å²) in [7, 11) is 0. The van der Waals surface area contributed by atoms with Gasteiger partial charge in [0.15, 0.2) is 6.10 Å². The average Bonchev–Trinajstić information content (AvgIpc) is 2.64. The minimum Gasteiger partial charge on any atom is -0.478 e. The summed E-state index contributed by atoms with van der Waals surface area (Å²) >= 11 is 0. The molecule has 1 N–H and O–H groups in total. The first-order valence-corrected chi connectivity index (χ1v) is 8.83. The number of morpholine rings is 1. The highest BCUT2D eigenvalue weighted by Gasteiger charge is 2.34. The molecule has 0 aromatic heterocycles. The number of nitrogens with zero attached hydrogens (tertiary/aromatic N) is 2. The number of carbonyl (C=O) groups is 2. The van der Waals surface area contributed by atoms with Gasteiger partial charge in [0.2, 0.25) is 5.91 Å². The molecule has 136 valence electrons. The number of benzene rings is 1. The van der Waals surface area contributed by atoms with Crippen LogP contribution in [0.2, 0.25) is 0 Å². The number of hydrogen-bond acceptors (Lipinski definition) is 5. The minimum absolute atomic E-state index is 0.0127. The molecule has 1 unspecified atom stereocenters. The predicted octanol–water partition coefficient (Wildman–Crippen LogP) is 0.639. The number of nitrogens with one attached hydrogen (secondary N) is 1. The van der Waals surface area contributed by atoms with Crippen molar-refractivity contribution in [2.24, 2.45) is 0 Å². The molecule has 7 nitrogen and oxygen atoms in total. The van der Waals surface area contributed by atoms with Crippen LogP contribution in [0.15, 0.2) is 24.3 Å². The Morgan fingerprint density at radius 1 is 1.28 bits per heavy atom. The first-order chi connectivity index (χ1) is 12.2. The molecule has 1 fully saturated rings. The number of ether oxygens (including phenoxy) is 2. The lowest BCUT2D eigenvalue weighted by Crippen LogP contribution is -2.50. The van der Waals surface area contributed by atoms with Crippen LogP contribution in [0.3, 0.4) is 0 Å². The van der Waals surface area contributed by atoms with Gasteiger partial charge >= 0.3 is 0 Å². The number of rotatable bonds is 6. The van der Waals surface area contributed by atoms with Crippen LogP contribution >= 0.6 is 0 Å². The highest BCUT2D eigenvalue weighted by atomic mass is 16.5. The normalized spacial score (nSPS) is 20.8. The standard InChI is InChI=1S/C18H25N3O4/c1-2-15-18(23)21(14-5-3-4-6-16(14)25-15)13-17(22)19-7-8-20-9-11-24-12-10-20/h3-6,15H,2,7-13H2,1H3,(H,19,22). The smallest absolute Gasteiger partial charge is 0.268 e. The largest absolute Gasteiger partial charge is 0.478 e. The lowest BCUT2D eigenvalue weighted by molar-refractivity contribution is -0.129. The lowest BCUT2D eigenvalue weighted by atomic mass is 10.1. The van der Waals surface area contributed by atoms with E-state index in [0.717, 1.165) is 32.8 Å². The summed E-state index contributed by atoms with van der Waals surface area (Å²) in [5, 5.41) is 2.91. The molecule has 0 aliphatic carbocycles. The molecular weight excluding hydrogens is 322 g/mol. The molecule has 0 radical (unpaired) electrons. The second-order valence-corrected chi connectivity index (χ2v) is 6.21. The molecule has 0 bridgehead atoms. The van der Waals surface area contributed by atoms with Crippen molar-refractivity contribution < 1.29 is 19.1 Å². The first-order valence-electron chi connectivity index (χ1n) is 8.83. The van der Waals surface area contributed by atoms with Gasteiger partial charge < -0.3 is 14.8 Å². The van der Waals surface area contributed by atoms with E-state index in [1.165, 1.54) is 4.90 Å². The van der Waals surface area contributed by atoms with Crippen molar-refractivity contribution in [1.82, 2.24) is 10.2 Å². The first kappa shape index (κ1) is 17.7. The fourth-order valence-corrected chi connectivity index (χ4v) is 3.07. The summed E-state index contributed by atoms with van der Waals surface area (Å²) in [6.07, 6.45) is 0.0403. The van der Waals surface area contributed by atoms with Crippen LogP contribution in [0.1, 0.15) is 13.3 Å². The Bertz CT molecular complexity index is 616. The molecule has 2 amide bonds. The molecule has 1 atom stereocenters. The maximum atomic E-state index is 12.6. The van der Waals surface area contributed by atoms with Gasteiger partial charge in [0, 0.05) is 26.2 Å². The van der Waals surface area contributed by atoms with E-state index in [1.807, 2.05) is 25.1 Å². The van der Waals surface area contributed by atoms with Crippen molar-refractivity contribution in [1.29, 1.82) is 0 Å². The van der Waals surface area contributed by atoms with Crippen LogP contribution in [0.4, 0.5) is 5.69 Å². The van der Waals surface area contributed by atoms with Crippen LogP contribution in [0, 0.1) is 0 Å². The van der Waals surface area contributed by atoms with Crippen LogP contribution in [0.25, 0.3) is 0 Å². The Hall–Kier alpha value is -2.12. The van der Waals surface area contributed by atoms with Crippen LogP contribution in [-0.2, 0) is 14.3 Å². The van der Waals surface area contributed by atoms with E-state index >= 15 is 0 Å². The average molecular weight is 347 g/mol. The fourth-order valence-electron chi connectivity index (χ4n) is 3.07. The maximum Gasteiger partial charge on any atom is 0.268 e. The third kappa shape index (κ3) is 4.29. The number of anilines is 1. The Labute approximate surface area is 147 Å². The number of fused-ring (bicyclic) bond motifs is 1. The van der Waals surface area contributed by atoms with Gasteiger partial charge in [-0.15, -0.1) is 0 Å². The van der Waals surface area contributed by atoms with Crippen LogP contribution in [0.5, 0.6) is 5.75 Å². The molecule has 1 aromatic carbocycles. The molecule has 1 saturated heterocycles. The second kappa shape index (κ2) is 8.31. The summed E-state index contributed by atoms with van der Waals surface area (Å²) in [4.78, 5) is 28.7. The molecule has 2 aliphatic heterocycles. The molecule has 2 heterocycles. The minimum atomic E-state index is -0.531. The van der Waals surface area contributed by atoms with Crippen molar-refractivity contribution in [3.63, 3.8) is 0 Å². The zero-order chi connectivity index (χ0) is 17.6. The van der Waals surface area contributed by atoms with Crippen molar-refractivity contribution in [3.05, 3.63) is 24.3 Å². The Morgan fingerprint density at radius 2 is 2.04 bits per heavy atom. The zero-order valence-corrected chi connectivity index (χ0v) is 14.6.